The summed E-state index contributed by atoms with van der Waals surface area (Å²) in [4.78, 5) is 13.1. The standard InChI is InChI=1S/C11H21NO/c1-9(2)12-6-4-11(5-7-12)10(3)8-13/h8-11H,4-7H2,1-3H3. The van der Waals surface area contributed by atoms with Crippen LogP contribution >= 0.6 is 0 Å². The molecule has 2 heteroatoms. The normalized spacial score (nSPS) is 23.4. The van der Waals surface area contributed by atoms with Crippen LogP contribution in [0.2, 0.25) is 0 Å². The summed E-state index contributed by atoms with van der Waals surface area (Å²) in [6.45, 7) is 8.86. The van der Waals surface area contributed by atoms with Crippen molar-refractivity contribution in [2.45, 2.75) is 39.7 Å². The molecule has 2 nitrogen and oxygen atoms in total. The minimum Gasteiger partial charge on any atom is -0.303 e. The predicted molar refractivity (Wildman–Crippen MR) is 54.7 cm³/mol. The molecule has 13 heavy (non-hydrogen) atoms. The third-order valence-corrected chi connectivity index (χ3v) is 3.26. The summed E-state index contributed by atoms with van der Waals surface area (Å²) in [5.74, 6) is 0.891. The first-order chi connectivity index (χ1) is 6.15. The van der Waals surface area contributed by atoms with Crippen molar-refractivity contribution in [3.8, 4) is 0 Å². The second-order valence-corrected chi connectivity index (χ2v) is 4.46. The van der Waals surface area contributed by atoms with E-state index >= 15 is 0 Å². The lowest BCUT2D eigenvalue weighted by molar-refractivity contribution is -0.112. The molecule has 0 aromatic carbocycles. The number of hydrogen-bond donors (Lipinski definition) is 0. The Balaban J connectivity index is 2.34. The summed E-state index contributed by atoms with van der Waals surface area (Å²) in [6, 6.07) is 0.660. The van der Waals surface area contributed by atoms with Crippen LogP contribution in [0.3, 0.4) is 0 Å². The molecule has 0 amide bonds. The smallest absolute Gasteiger partial charge is 0.123 e. The Kier molecular flexibility index (Phi) is 3.91. The van der Waals surface area contributed by atoms with Crippen LogP contribution in [0.4, 0.5) is 0 Å². The van der Waals surface area contributed by atoms with Crippen molar-refractivity contribution < 1.29 is 4.79 Å². The summed E-state index contributed by atoms with van der Waals surface area (Å²) in [5, 5.41) is 0. The van der Waals surface area contributed by atoms with Gasteiger partial charge in [0.25, 0.3) is 0 Å². The van der Waals surface area contributed by atoms with E-state index in [2.05, 4.69) is 18.7 Å². The molecular formula is C11H21NO. The van der Waals surface area contributed by atoms with Crippen molar-refractivity contribution in [2.24, 2.45) is 11.8 Å². The third-order valence-electron chi connectivity index (χ3n) is 3.26. The number of piperidine rings is 1. The van der Waals surface area contributed by atoms with Gasteiger partial charge in [-0.25, -0.2) is 0 Å². The van der Waals surface area contributed by atoms with Gasteiger partial charge in [0.2, 0.25) is 0 Å². The van der Waals surface area contributed by atoms with Gasteiger partial charge in [-0.15, -0.1) is 0 Å². The Morgan fingerprint density at radius 1 is 1.23 bits per heavy atom. The molecule has 76 valence electrons. The summed E-state index contributed by atoms with van der Waals surface area (Å²) in [7, 11) is 0. The molecule has 1 saturated heterocycles. The van der Waals surface area contributed by atoms with E-state index < -0.39 is 0 Å². The quantitative estimate of drug-likeness (QED) is 0.623. The van der Waals surface area contributed by atoms with Gasteiger partial charge in [-0.1, -0.05) is 6.92 Å². The zero-order valence-electron chi connectivity index (χ0n) is 8.99. The Bertz CT molecular complexity index is 159. The van der Waals surface area contributed by atoms with Gasteiger partial charge in [-0.2, -0.15) is 0 Å². The minimum atomic E-state index is 0.259. The molecule has 1 rings (SSSR count). The SMILES string of the molecule is CC(C=O)C1CCN(C(C)C)CC1. The van der Waals surface area contributed by atoms with Crippen LogP contribution < -0.4 is 0 Å². The largest absolute Gasteiger partial charge is 0.303 e. The van der Waals surface area contributed by atoms with E-state index in [0.29, 0.717) is 12.0 Å². The molecule has 0 aromatic rings. The molecule has 0 N–H and O–H groups in total. The fourth-order valence-corrected chi connectivity index (χ4v) is 2.07. The molecule has 0 bridgehead atoms. The van der Waals surface area contributed by atoms with Gasteiger partial charge < -0.3 is 9.69 Å². The lowest BCUT2D eigenvalue weighted by Crippen LogP contribution is -2.39. The van der Waals surface area contributed by atoms with Crippen LogP contribution in [0, 0.1) is 11.8 Å². The number of aldehydes is 1. The van der Waals surface area contributed by atoms with Crippen molar-refractivity contribution >= 4 is 6.29 Å². The molecule has 0 aliphatic carbocycles. The number of likely N-dealkylation sites (tertiary alicyclic amines) is 1. The Morgan fingerprint density at radius 3 is 2.15 bits per heavy atom. The van der Waals surface area contributed by atoms with E-state index in [-0.39, 0.29) is 5.92 Å². The summed E-state index contributed by atoms with van der Waals surface area (Å²) >= 11 is 0. The molecular weight excluding hydrogens is 162 g/mol. The van der Waals surface area contributed by atoms with Crippen LogP contribution in [-0.4, -0.2) is 30.3 Å². The Labute approximate surface area is 81.3 Å². The van der Waals surface area contributed by atoms with Crippen LogP contribution in [0.1, 0.15) is 33.6 Å². The van der Waals surface area contributed by atoms with Crippen molar-refractivity contribution in [1.82, 2.24) is 4.90 Å². The maximum absolute atomic E-state index is 10.6. The fourth-order valence-electron chi connectivity index (χ4n) is 2.07. The van der Waals surface area contributed by atoms with Gasteiger partial charge in [-0.3, -0.25) is 0 Å². The topological polar surface area (TPSA) is 20.3 Å². The van der Waals surface area contributed by atoms with E-state index in [9.17, 15) is 4.79 Å². The molecule has 1 aliphatic heterocycles. The van der Waals surface area contributed by atoms with Crippen LogP contribution in [0.25, 0.3) is 0 Å². The lowest BCUT2D eigenvalue weighted by atomic mass is 9.86. The number of carbonyl (C=O) groups is 1. The van der Waals surface area contributed by atoms with Gasteiger partial charge in [-0.05, 0) is 45.7 Å². The zero-order valence-corrected chi connectivity index (χ0v) is 8.99. The van der Waals surface area contributed by atoms with Gasteiger partial charge in [0.05, 0.1) is 0 Å². The van der Waals surface area contributed by atoms with Gasteiger partial charge in [0, 0.05) is 12.0 Å². The molecule has 0 radical (unpaired) electrons. The second kappa shape index (κ2) is 4.75. The Morgan fingerprint density at radius 2 is 1.77 bits per heavy atom. The monoisotopic (exact) mass is 183 g/mol. The van der Waals surface area contributed by atoms with E-state index in [0.717, 1.165) is 6.29 Å². The highest BCUT2D eigenvalue weighted by molar-refractivity contribution is 5.53. The van der Waals surface area contributed by atoms with E-state index in [1.165, 1.54) is 25.9 Å². The first kappa shape index (κ1) is 10.7. The van der Waals surface area contributed by atoms with Crippen LogP contribution in [-0.2, 0) is 4.79 Å². The van der Waals surface area contributed by atoms with Crippen molar-refractivity contribution in [3.63, 3.8) is 0 Å². The van der Waals surface area contributed by atoms with Gasteiger partial charge >= 0.3 is 0 Å². The van der Waals surface area contributed by atoms with E-state index in [4.69, 9.17) is 0 Å². The molecule has 0 saturated carbocycles. The minimum absolute atomic E-state index is 0.259. The van der Waals surface area contributed by atoms with Crippen molar-refractivity contribution in [1.29, 1.82) is 0 Å². The number of rotatable bonds is 3. The fraction of sp³-hybridized carbons (Fsp3) is 0.909. The van der Waals surface area contributed by atoms with Crippen molar-refractivity contribution in [3.05, 3.63) is 0 Å². The maximum Gasteiger partial charge on any atom is 0.123 e. The maximum atomic E-state index is 10.6. The average Bonchev–Trinajstić information content (AvgIpc) is 2.17. The van der Waals surface area contributed by atoms with E-state index in [1.54, 1.807) is 0 Å². The van der Waals surface area contributed by atoms with Crippen LogP contribution in [0.15, 0.2) is 0 Å². The highest BCUT2D eigenvalue weighted by Crippen LogP contribution is 2.24. The number of carbonyl (C=O) groups excluding carboxylic acids is 1. The van der Waals surface area contributed by atoms with Crippen molar-refractivity contribution in [2.75, 3.05) is 13.1 Å². The molecule has 1 heterocycles. The van der Waals surface area contributed by atoms with E-state index in [1.807, 2.05) is 6.92 Å². The third kappa shape index (κ3) is 2.80. The summed E-state index contributed by atoms with van der Waals surface area (Å²) < 4.78 is 0. The Hall–Kier alpha value is -0.370. The first-order valence-electron chi connectivity index (χ1n) is 5.34. The first-order valence-corrected chi connectivity index (χ1v) is 5.34. The molecule has 1 aliphatic rings. The highest BCUT2D eigenvalue weighted by atomic mass is 16.1. The van der Waals surface area contributed by atoms with Crippen LogP contribution in [0.5, 0.6) is 0 Å². The molecule has 0 spiro atoms. The highest BCUT2D eigenvalue weighted by Gasteiger charge is 2.24. The summed E-state index contributed by atoms with van der Waals surface area (Å²) in [5.41, 5.74) is 0. The summed E-state index contributed by atoms with van der Waals surface area (Å²) in [6.07, 6.45) is 3.49. The number of hydrogen-bond acceptors (Lipinski definition) is 2. The molecule has 0 aromatic heterocycles. The average molecular weight is 183 g/mol. The zero-order chi connectivity index (χ0) is 9.84. The van der Waals surface area contributed by atoms with Gasteiger partial charge in [0.1, 0.15) is 6.29 Å². The molecule has 1 unspecified atom stereocenters. The molecule has 1 fully saturated rings. The molecule has 1 atom stereocenters. The number of nitrogens with zero attached hydrogens (tertiary/aromatic N) is 1. The predicted octanol–water partition coefficient (Wildman–Crippen LogP) is 1.94. The van der Waals surface area contributed by atoms with Gasteiger partial charge in [0.15, 0.2) is 0 Å². The lowest BCUT2D eigenvalue weighted by Gasteiger charge is -2.35. The second-order valence-electron chi connectivity index (χ2n) is 4.46.